The third-order valence-electron chi connectivity index (χ3n) is 3.01. The van der Waals surface area contributed by atoms with Crippen molar-refractivity contribution in [3.8, 4) is 0 Å². The number of anilines is 1. The lowest BCUT2D eigenvalue weighted by atomic mass is 10.1. The maximum atomic E-state index is 13.3. The van der Waals surface area contributed by atoms with Crippen LogP contribution in [0.2, 0.25) is 0 Å². The number of piperidine rings is 1. The number of amides is 2. The fourth-order valence-corrected chi connectivity index (χ4v) is 1.97. The molecule has 2 rings (SSSR count). The minimum absolute atomic E-state index is 0. The van der Waals surface area contributed by atoms with E-state index in [1.807, 2.05) is 6.92 Å². The molecule has 100 valence electrons. The summed E-state index contributed by atoms with van der Waals surface area (Å²) in [4.78, 5) is 22.6. The van der Waals surface area contributed by atoms with Gasteiger partial charge in [-0.25, -0.2) is 4.39 Å². The predicted molar refractivity (Wildman–Crippen MR) is 69.8 cm³/mol. The van der Waals surface area contributed by atoms with Gasteiger partial charge in [0.1, 0.15) is 11.9 Å². The van der Waals surface area contributed by atoms with Gasteiger partial charge >= 0.3 is 0 Å². The van der Waals surface area contributed by atoms with Crippen molar-refractivity contribution >= 4 is 17.5 Å². The molecule has 1 atom stereocenters. The van der Waals surface area contributed by atoms with Crippen LogP contribution in [-0.2, 0) is 16.0 Å². The quantitative estimate of drug-likeness (QED) is 0.812. The molecule has 2 amide bonds. The smallest absolute Gasteiger partial charge is 0.249 e. The molecule has 1 fully saturated rings. The number of nitrogens with one attached hydrogen (secondary N) is 2. The van der Waals surface area contributed by atoms with Crippen LogP contribution in [0.5, 0.6) is 0 Å². The Labute approximate surface area is 108 Å². The fourth-order valence-electron chi connectivity index (χ4n) is 1.97. The number of imide groups is 1. The number of halogens is 1. The second kappa shape index (κ2) is 5.16. The number of rotatable bonds is 3. The van der Waals surface area contributed by atoms with E-state index in [-0.39, 0.29) is 20.5 Å². The average molecular weight is 254 g/mol. The molecule has 0 spiro atoms. The molecule has 1 aromatic rings. The third kappa shape index (κ3) is 2.67. The van der Waals surface area contributed by atoms with E-state index in [1.54, 1.807) is 12.1 Å². The molecule has 0 aromatic heterocycles. The van der Waals surface area contributed by atoms with Crippen LogP contribution in [-0.4, -0.2) is 17.9 Å². The highest BCUT2D eigenvalue weighted by atomic mass is 19.1. The van der Waals surface area contributed by atoms with Crippen molar-refractivity contribution in [2.45, 2.75) is 32.2 Å². The molecule has 1 unspecified atom stereocenters. The van der Waals surface area contributed by atoms with Gasteiger partial charge in [-0.1, -0.05) is 6.92 Å². The highest BCUT2D eigenvalue weighted by Gasteiger charge is 2.26. The van der Waals surface area contributed by atoms with E-state index in [4.69, 9.17) is 0 Å². The van der Waals surface area contributed by atoms with E-state index >= 15 is 0 Å². The van der Waals surface area contributed by atoms with Crippen LogP contribution < -0.4 is 10.6 Å². The molecule has 1 aliphatic heterocycles. The molecular formula is C13H19FN2O2. The molecule has 4 nitrogen and oxygen atoms in total. The predicted octanol–water partition coefficient (Wildman–Crippen LogP) is 2.10. The minimum atomic E-state index is -0.433. The van der Waals surface area contributed by atoms with Gasteiger partial charge < -0.3 is 5.32 Å². The first-order valence-corrected chi connectivity index (χ1v) is 5.99. The molecule has 2 N–H and O–H groups in total. The van der Waals surface area contributed by atoms with Gasteiger partial charge in [-0.3, -0.25) is 14.9 Å². The van der Waals surface area contributed by atoms with Gasteiger partial charge in [0.15, 0.2) is 0 Å². The molecular weight excluding hydrogens is 235 g/mol. The van der Waals surface area contributed by atoms with Crippen molar-refractivity contribution < 1.29 is 16.8 Å². The third-order valence-corrected chi connectivity index (χ3v) is 3.01. The number of carbonyl (C=O) groups is 2. The van der Waals surface area contributed by atoms with E-state index in [0.717, 1.165) is 0 Å². The zero-order valence-electron chi connectivity index (χ0n) is 10.1. The van der Waals surface area contributed by atoms with Crippen molar-refractivity contribution in [3.63, 3.8) is 0 Å². The van der Waals surface area contributed by atoms with Gasteiger partial charge in [0.05, 0.1) is 0 Å². The van der Waals surface area contributed by atoms with Crippen LogP contribution in [0.4, 0.5) is 10.1 Å². The van der Waals surface area contributed by atoms with Crippen molar-refractivity contribution in [3.05, 3.63) is 29.6 Å². The van der Waals surface area contributed by atoms with Crippen LogP contribution in [0, 0.1) is 5.82 Å². The van der Waals surface area contributed by atoms with Gasteiger partial charge in [-0.15, -0.1) is 0 Å². The Morgan fingerprint density at radius 3 is 2.94 bits per heavy atom. The Morgan fingerprint density at radius 2 is 2.28 bits per heavy atom. The number of aryl methyl sites for hydroxylation is 1. The number of carbonyl (C=O) groups excluding carboxylic acids is 2. The first-order chi connectivity index (χ1) is 8.60. The largest absolute Gasteiger partial charge is 0.374 e. The lowest BCUT2D eigenvalue weighted by Crippen LogP contribution is -2.47. The van der Waals surface area contributed by atoms with Gasteiger partial charge in [0, 0.05) is 15.0 Å². The van der Waals surface area contributed by atoms with Crippen LogP contribution in [0.1, 0.15) is 28.2 Å². The summed E-state index contributed by atoms with van der Waals surface area (Å²) in [5, 5.41) is 5.30. The topological polar surface area (TPSA) is 58.2 Å². The second-order valence-corrected chi connectivity index (χ2v) is 4.31. The summed E-state index contributed by atoms with van der Waals surface area (Å²) in [6, 6.07) is 4.24. The maximum absolute atomic E-state index is 13.3. The molecule has 1 saturated heterocycles. The summed E-state index contributed by atoms with van der Waals surface area (Å²) in [7, 11) is 0. The summed E-state index contributed by atoms with van der Waals surface area (Å²) in [5.41, 5.74) is 1.30. The van der Waals surface area contributed by atoms with E-state index in [0.29, 0.717) is 30.5 Å². The zero-order chi connectivity index (χ0) is 13.1. The first kappa shape index (κ1) is 12.5. The summed E-state index contributed by atoms with van der Waals surface area (Å²) in [6.45, 7) is 1.87. The van der Waals surface area contributed by atoms with E-state index in [1.165, 1.54) is 6.07 Å². The summed E-state index contributed by atoms with van der Waals surface area (Å²) in [5.74, 6) is -0.814. The molecule has 0 radical (unpaired) electrons. The van der Waals surface area contributed by atoms with Crippen molar-refractivity contribution in [1.29, 1.82) is 0 Å². The number of hydrogen-bond donors (Lipinski definition) is 2. The SMILES string of the molecule is CCc1cc(NC2CCC(=O)NC2=O)ccc1F.[HH].[HH]. The Hall–Kier alpha value is -1.91. The van der Waals surface area contributed by atoms with Crippen molar-refractivity contribution in [1.82, 2.24) is 5.32 Å². The van der Waals surface area contributed by atoms with Crippen LogP contribution in [0.15, 0.2) is 18.2 Å². The molecule has 1 aromatic carbocycles. The highest BCUT2D eigenvalue weighted by molar-refractivity contribution is 6.01. The zero-order valence-corrected chi connectivity index (χ0v) is 10.1. The first-order valence-electron chi connectivity index (χ1n) is 5.99. The summed E-state index contributed by atoms with van der Waals surface area (Å²) >= 11 is 0. The van der Waals surface area contributed by atoms with Crippen molar-refractivity contribution in [2.24, 2.45) is 0 Å². The van der Waals surface area contributed by atoms with E-state index in [9.17, 15) is 14.0 Å². The summed E-state index contributed by atoms with van der Waals surface area (Å²) < 4.78 is 13.3. The van der Waals surface area contributed by atoms with Gasteiger partial charge in [-0.2, -0.15) is 0 Å². The van der Waals surface area contributed by atoms with E-state index in [2.05, 4.69) is 10.6 Å². The van der Waals surface area contributed by atoms with Gasteiger partial charge in [-0.05, 0) is 36.6 Å². The lowest BCUT2D eigenvalue weighted by Gasteiger charge is -2.23. The number of hydrogen-bond acceptors (Lipinski definition) is 3. The normalized spacial score (nSPS) is 19.6. The second-order valence-electron chi connectivity index (χ2n) is 4.31. The molecule has 0 aliphatic carbocycles. The summed E-state index contributed by atoms with van der Waals surface area (Å²) in [6.07, 6.45) is 1.38. The molecule has 1 heterocycles. The van der Waals surface area contributed by atoms with Crippen molar-refractivity contribution in [2.75, 3.05) is 5.32 Å². The Balaban J connectivity index is 0.00000180. The standard InChI is InChI=1S/C13H15FN2O2.2H2/c1-2-8-7-9(3-4-10(8)14)15-11-5-6-12(17)16-13(11)18;;/h3-4,7,11,15H,2,5-6H2,1H3,(H,16,17,18);2*1H. The Morgan fingerprint density at radius 1 is 1.50 bits per heavy atom. The Bertz CT molecular complexity index is 497. The monoisotopic (exact) mass is 254 g/mol. The van der Waals surface area contributed by atoms with Crippen LogP contribution >= 0.6 is 0 Å². The molecule has 18 heavy (non-hydrogen) atoms. The van der Waals surface area contributed by atoms with Crippen LogP contribution in [0.25, 0.3) is 0 Å². The van der Waals surface area contributed by atoms with Gasteiger partial charge in [0.2, 0.25) is 11.8 Å². The number of benzene rings is 1. The molecule has 0 saturated carbocycles. The Kier molecular flexibility index (Phi) is 3.60. The molecule has 5 heteroatoms. The van der Waals surface area contributed by atoms with E-state index < -0.39 is 6.04 Å². The highest BCUT2D eigenvalue weighted by Crippen LogP contribution is 2.18. The fraction of sp³-hybridized carbons (Fsp3) is 0.385. The molecule has 1 aliphatic rings. The maximum Gasteiger partial charge on any atom is 0.249 e. The average Bonchev–Trinajstić information content (AvgIpc) is 2.35. The van der Waals surface area contributed by atoms with Gasteiger partial charge in [0.25, 0.3) is 0 Å². The lowest BCUT2D eigenvalue weighted by molar-refractivity contribution is -0.133. The van der Waals surface area contributed by atoms with Crippen LogP contribution in [0.3, 0.4) is 0 Å². The minimum Gasteiger partial charge on any atom is -0.374 e. The molecule has 0 bridgehead atoms.